The molecule has 0 radical (unpaired) electrons. The van der Waals surface area contributed by atoms with Crippen LogP contribution in [-0.4, -0.2) is 69.1 Å². The van der Waals surface area contributed by atoms with Crippen LogP contribution in [0.5, 0.6) is 0 Å². The average molecular weight is 498 g/mol. The van der Waals surface area contributed by atoms with Crippen molar-refractivity contribution in [3.8, 4) is 0 Å². The zero-order valence-electron chi connectivity index (χ0n) is 19.1. The molecule has 3 unspecified atom stereocenters. The van der Waals surface area contributed by atoms with Gasteiger partial charge in [0.05, 0.1) is 30.0 Å². The highest BCUT2D eigenvalue weighted by atomic mass is 35.5. The Labute approximate surface area is 203 Å². The lowest BCUT2D eigenvalue weighted by Crippen LogP contribution is -2.55. The van der Waals surface area contributed by atoms with Crippen molar-refractivity contribution in [2.45, 2.75) is 57.2 Å². The molecule has 2 saturated heterocycles. The number of halogens is 3. The van der Waals surface area contributed by atoms with Gasteiger partial charge < -0.3 is 15.0 Å². The Morgan fingerprint density at radius 1 is 1.33 bits per heavy atom. The number of nitrogens with zero attached hydrogens (tertiary/aromatic N) is 2. The van der Waals surface area contributed by atoms with Gasteiger partial charge in [0.2, 0.25) is 5.91 Å². The molecule has 6 nitrogen and oxygen atoms in total. The van der Waals surface area contributed by atoms with Crippen LogP contribution in [0.25, 0.3) is 0 Å². The smallest absolute Gasteiger partial charge is 0.253 e. The van der Waals surface area contributed by atoms with Gasteiger partial charge >= 0.3 is 0 Å². The van der Waals surface area contributed by atoms with Gasteiger partial charge in [-0.15, -0.1) is 11.6 Å². The Morgan fingerprint density at radius 3 is 2.67 bits per heavy atom. The molecule has 2 fully saturated rings. The third-order valence-electron chi connectivity index (χ3n) is 7.23. The molecule has 3 heterocycles. The number of alkyl halides is 2. The van der Waals surface area contributed by atoms with E-state index in [1.165, 1.54) is 0 Å². The summed E-state index contributed by atoms with van der Waals surface area (Å²) < 4.78 is 13.9. The van der Waals surface area contributed by atoms with E-state index in [0.29, 0.717) is 42.1 Å². The van der Waals surface area contributed by atoms with E-state index >= 15 is 0 Å². The summed E-state index contributed by atoms with van der Waals surface area (Å²) >= 11 is 13.7. The summed E-state index contributed by atoms with van der Waals surface area (Å²) in [6.45, 7) is 6.54. The van der Waals surface area contributed by atoms with E-state index in [9.17, 15) is 19.1 Å². The maximum atomic E-state index is 13.9. The topological polar surface area (TPSA) is 76.6 Å². The molecule has 9 heteroatoms. The Kier molecular flexibility index (Phi) is 6.80. The van der Waals surface area contributed by atoms with Crippen LogP contribution in [0.3, 0.4) is 0 Å². The number of piperidine rings is 1. The molecule has 1 aromatic heterocycles. The SMILES string of the molecule is Cc1cc(C)c(CN2CCC3=C(Cl)C=C(C(CO)N4CC[C@H](F)C4)C(C)(Cl)C3C2=O)c(=O)[nH]1. The van der Waals surface area contributed by atoms with Crippen molar-refractivity contribution in [1.82, 2.24) is 14.8 Å². The number of fused-ring (bicyclic) bond motifs is 1. The molecular weight excluding hydrogens is 468 g/mol. The second kappa shape index (κ2) is 9.17. The van der Waals surface area contributed by atoms with Gasteiger partial charge in [0.15, 0.2) is 0 Å². The van der Waals surface area contributed by atoms with Gasteiger partial charge in [-0.2, -0.15) is 0 Å². The predicted octanol–water partition coefficient (Wildman–Crippen LogP) is 3.18. The van der Waals surface area contributed by atoms with Gasteiger partial charge in [0.25, 0.3) is 5.56 Å². The number of H-pyrrole nitrogens is 1. The van der Waals surface area contributed by atoms with Crippen molar-refractivity contribution < 1.29 is 14.3 Å². The molecule has 1 aromatic rings. The molecule has 4 rings (SSSR count). The molecule has 0 bridgehead atoms. The van der Waals surface area contributed by atoms with Crippen LogP contribution in [-0.2, 0) is 11.3 Å². The molecule has 0 spiro atoms. The fourth-order valence-corrected chi connectivity index (χ4v) is 6.21. The summed E-state index contributed by atoms with van der Waals surface area (Å²) in [6, 6.07) is 1.37. The van der Waals surface area contributed by atoms with Crippen molar-refractivity contribution in [2.24, 2.45) is 5.92 Å². The largest absolute Gasteiger partial charge is 0.394 e. The van der Waals surface area contributed by atoms with E-state index in [0.717, 1.165) is 16.8 Å². The molecule has 33 heavy (non-hydrogen) atoms. The highest BCUT2D eigenvalue weighted by Gasteiger charge is 2.52. The monoisotopic (exact) mass is 497 g/mol. The number of hydrogen-bond donors (Lipinski definition) is 2. The maximum absolute atomic E-state index is 13.9. The Bertz CT molecular complexity index is 1080. The number of carbonyl (C=O) groups is 1. The summed E-state index contributed by atoms with van der Waals surface area (Å²) in [7, 11) is 0. The summed E-state index contributed by atoms with van der Waals surface area (Å²) in [4.78, 5) is 31.4. The van der Waals surface area contributed by atoms with Crippen LogP contribution in [0.15, 0.2) is 33.1 Å². The minimum absolute atomic E-state index is 0.187. The molecule has 2 N–H and O–H groups in total. The number of nitrogens with one attached hydrogen (secondary N) is 1. The lowest BCUT2D eigenvalue weighted by atomic mass is 9.71. The van der Waals surface area contributed by atoms with Crippen LogP contribution >= 0.6 is 23.2 Å². The maximum Gasteiger partial charge on any atom is 0.253 e. The minimum atomic E-state index is -1.14. The molecule has 1 aliphatic carbocycles. The molecular formula is C24H30Cl2FN3O3. The number of aliphatic hydroxyl groups is 1. The molecule has 1 amide bonds. The number of aryl methyl sites for hydroxylation is 2. The summed E-state index contributed by atoms with van der Waals surface area (Å²) in [5, 5.41) is 10.6. The molecule has 0 aromatic carbocycles. The predicted molar refractivity (Wildman–Crippen MR) is 127 cm³/mol. The first-order chi connectivity index (χ1) is 15.5. The highest BCUT2D eigenvalue weighted by Crippen LogP contribution is 2.49. The van der Waals surface area contributed by atoms with Gasteiger partial charge in [0, 0.05) is 35.9 Å². The van der Waals surface area contributed by atoms with Crippen LogP contribution in [0.2, 0.25) is 0 Å². The first-order valence-electron chi connectivity index (χ1n) is 11.3. The number of pyridine rings is 1. The lowest BCUT2D eigenvalue weighted by Gasteiger charge is -2.47. The third kappa shape index (κ3) is 4.41. The number of aromatic amines is 1. The van der Waals surface area contributed by atoms with E-state index in [-0.39, 0.29) is 31.2 Å². The molecule has 0 saturated carbocycles. The first kappa shape index (κ1) is 24.5. The van der Waals surface area contributed by atoms with E-state index in [1.807, 2.05) is 24.8 Å². The number of amides is 1. The fraction of sp³-hybridized carbons (Fsp3) is 0.583. The quantitative estimate of drug-likeness (QED) is 0.612. The summed E-state index contributed by atoms with van der Waals surface area (Å²) in [6.07, 6.45) is 1.75. The van der Waals surface area contributed by atoms with Gasteiger partial charge in [-0.3, -0.25) is 14.5 Å². The van der Waals surface area contributed by atoms with E-state index < -0.39 is 23.0 Å². The second-order valence-corrected chi connectivity index (χ2v) is 10.7. The zero-order chi connectivity index (χ0) is 24.1. The number of aliphatic hydroxyl groups excluding tert-OH is 1. The Morgan fingerprint density at radius 2 is 2.06 bits per heavy atom. The standard InChI is InChI=1S/C24H30Cl2FN3O3/c1-13-8-14(2)28-22(32)17(13)11-30-7-5-16-19(25)9-18(24(3,26)21(16)23(30)33)20(12-31)29-6-4-15(27)10-29/h8-9,15,20-21,31H,4-7,10-12H2,1-3H3,(H,28,32)/t15-,20?,21?,24?/m0/s1. The van der Waals surface area contributed by atoms with E-state index in [2.05, 4.69) is 4.98 Å². The van der Waals surface area contributed by atoms with Crippen molar-refractivity contribution >= 4 is 29.1 Å². The van der Waals surface area contributed by atoms with Crippen molar-refractivity contribution in [3.05, 3.63) is 55.5 Å². The number of hydrogen-bond acceptors (Lipinski definition) is 4. The molecule has 2 aliphatic heterocycles. The average Bonchev–Trinajstić information content (AvgIpc) is 3.16. The van der Waals surface area contributed by atoms with Crippen LogP contribution in [0.4, 0.5) is 4.39 Å². The van der Waals surface area contributed by atoms with E-state index in [1.54, 1.807) is 17.9 Å². The second-order valence-electron chi connectivity index (χ2n) is 9.51. The normalized spacial score (nSPS) is 29.4. The zero-order valence-corrected chi connectivity index (χ0v) is 20.6. The fourth-order valence-electron chi connectivity index (χ4n) is 5.48. The summed E-state index contributed by atoms with van der Waals surface area (Å²) in [5.74, 6) is -0.915. The molecule has 180 valence electrons. The number of allylic oxidation sites excluding steroid dienone is 2. The van der Waals surface area contributed by atoms with Crippen LogP contribution in [0, 0.1) is 19.8 Å². The van der Waals surface area contributed by atoms with Gasteiger partial charge in [-0.05, 0) is 62.5 Å². The van der Waals surface area contributed by atoms with Crippen LogP contribution in [0.1, 0.15) is 36.6 Å². The lowest BCUT2D eigenvalue weighted by molar-refractivity contribution is -0.137. The van der Waals surface area contributed by atoms with E-state index in [4.69, 9.17) is 23.2 Å². The number of likely N-dealkylation sites (tertiary alicyclic amines) is 2. The summed E-state index contributed by atoms with van der Waals surface area (Å²) in [5.41, 5.74) is 3.35. The van der Waals surface area contributed by atoms with Gasteiger partial charge in [-0.25, -0.2) is 4.39 Å². The number of rotatable bonds is 5. The van der Waals surface area contributed by atoms with Crippen molar-refractivity contribution in [3.63, 3.8) is 0 Å². The Hall–Kier alpha value is -1.67. The minimum Gasteiger partial charge on any atom is -0.394 e. The molecule has 3 aliphatic rings. The van der Waals surface area contributed by atoms with Crippen molar-refractivity contribution in [1.29, 1.82) is 0 Å². The highest BCUT2D eigenvalue weighted by molar-refractivity contribution is 6.34. The van der Waals surface area contributed by atoms with Crippen molar-refractivity contribution in [2.75, 3.05) is 26.2 Å². The van der Waals surface area contributed by atoms with Gasteiger partial charge in [0.1, 0.15) is 6.17 Å². The third-order valence-corrected chi connectivity index (χ3v) is 8.02. The number of aromatic nitrogens is 1. The molecule has 4 atom stereocenters. The van der Waals surface area contributed by atoms with Gasteiger partial charge in [-0.1, -0.05) is 11.6 Å². The first-order valence-corrected chi connectivity index (χ1v) is 12.1. The van der Waals surface area contributed by atoms with Crippen LogP contribution < -0.4 is 5.56 Å². The number of carbonyl (C=O) groups excluding carboxylic acids is 1. The Balaban J connectivity index is 1.66.